The number of anilines is 1. The average Bonchev–Trinajstić information content (AvgIpc) is 2.97. The van der Waals surface area contributed by atoms with Gasteiger partial charge in [0.2, 0.25) is 0 Å². The van der Waals surface area contributed by atoms with Crippen LogP contribution in [0.5, 0.6) is 0 Å². The molecule has 1 unspecified atom stereocenters. The van der Waals surface area contributed by atoms with Gasteiger partial charge in [-0.1, -0.05) is 0 Å². The number of fused-ring (bicyclic) bond motifs is 1. The summed E-state index contributed by atoms with van der Waals surface area (Å²) in [4.78, 5) is 15.6. The van der Waals surface area contributed by atoms with Crippen molar-refractivity contribution in [2.75, 3.05) is 12.8 Å². The van der Waals surface area contributed by atoms with Gasteiger partial charge in [-0.15, -0.1) is 0 Å². The zero-order valence-electron chi connectivity index (χ0n) is 11.6. The highest BCUT2D eigenvalue weighted by molar-refractivity contribution is 5.23. The number of rotatable bonds is 3. The van der Waals surface area contributed by atoms with Crippen LogP contribution in [0.15, 0.2) is 17.1 Å². The van der Waals surface area contributed by atoms with Crippen molar-refractivity contribution in [3.05, 3.63) is 22.7 Å². The Kier molecular flexibility index (Phi) is 3.68. The molecule has 0 aromatic carbocycles. The van der Waals surface area contributed by atoms with Gasteiger partial charge in [0.05, 0.1) is 6.10 Å². The van der Waals surface area contributed by atoms with Gasteiger partial charge in [0.1, 0.15) is 24.1 Å². The zero-order chi connectivity index (χ0) is 15.1. The molecular weight excluding hydrogens is 282 g/mol. The van der Waals surface area contributed by atoms with Crippen LogP contribution in [0.4, 0.5) is 5.82 Å². The average molecular weight is 299 g/mol. The second-order valence-electron chi connectivity index (χ2n) is 5.00. The lowest BCUT2D eigenvalue weighted by molar-refractivity contribution is -0.260. The molecule has 2 saturated heterocycles. The highest BCUT2D eigenvalue weighted by atomic mass is 16.9. The molecule has 116 valence electrons. The van der Waals surface area contributed by atoms with E-state index in [1.807, 2.05) is 0 Å². The van der Waals surface area contributed by atoms with E-state index in [4.69, 9.17) is 24.7 Å². The highest BCUT2D eigenvalue weighted by Gasteiger charge is 2.55. The Morgan fingerprint density at radius 3 is 2.76 bits per heavy atom. The lowest BCUT2D eigenvalue weighted by Gasteiger charge is -2.21. The standard InChI is InChI=1S/C12H17N3O6/c1-5(16)7-8-9(21-12(18-2)20-8)10(19-7)15-4-3-6(13)14-11(15)17/h3-5,7-10,12,16H,1-2H3,(H2,13,14,17)/t5-,7+,8+,9+,10+,12?/m0/s1. The largest absolute Gasteiger partial charge is 0.391 e. The molecular formula is C12H17N3O6. The molecule has 2 aliphatic heterocycles. The van der Waals surface area contributed by atoms with E-state index in [-0.39, 0.29) is 5.82 Å². The first-order valence-electron chi connectivity index (χ1n) is 6.53. The van der Waals surface area contributed by atoms with E-state index in [2.05, 4.69) is 4.98 Å². The van der Waals surface area contributed by atoms with Crippen LogP contribution >= 0.6 is 0 Å². The van der Waals surface area contributed by atoms with Gasteiger partial charge in [-0.25, -0.2) is 4.79 Å². The van der Waals surface area contributed by atoms with E-state index in [0.29, 0.717) is 0 Å². The second-order valence-corrected chi connectivity index (χ2v) is 5.00. The number of hydrogen-bond acceptors (Lipinski definition) is 8. The fourth-order valence-corrected chi connectivity index (χ4v) is 2.60. The molecule has 1 aromatic rings. The minimum Gasteiger partial charge on any atom is -0.391 e. The van der Waals surface area contributed by atoms with Crippen molar-refractivity contribution in [3.8, 4) is 0 Å². The van der Waals surface area contributed by atoms with Crippen LogP contribution in [-0.4, -0.2) is 52.7 Å². The summed E-state index contributed by atoms with van der Waals surface area (Å²) in [6, 6.07) is 1.49. The number of methoxy groups -OCH3 is 1. The molecule has 0 amide bonds. The number of aliphatic hydroxyl groups excluding tert-OH is 1. The minimum absolute atomic E-state index is 0.122. The normalized spacial score (nSPS) is 36.6. The predicted octanol–water partition coefficient (Wildman–Crippen LogP) is -1.18. The fourth-order valence-electron chi connectivity index (χ4n) is 2.60. The first kappa shape index (κ1) is 14.4. The highest BCUT2D eigenvalue weighted by Crippen LogP contribution is 2.39. The van der Waals surface area contributed by atoms with E-state index in [9.17, 15) is 9.90 Å². The van der Waals surface area contributed by atoms with Crippen LogP contribution in [0.25, 0.3) is 0 Å². The molecule has 0 aliphatic carbocycles. The molecule has 9 heteroatoms. The molecule has 0 spiro atoms. The van der Waals surface area contributed by atoms with Crippen molar-refractivity contribution in [2.24, 2.45) is 0 Å². The van der Waals surface area contributed by atoms with Crippen LogP contribution in [-0.2, 0) is 18.9 Å². The summed E-state index contributed by atoms with van der Waals surface area (Å²) in [5.74, 6) is 0.122. The Morgan fingerprint density at radius 2 is 2.14 bits per heavy atom. The van der Waals surface area contributed by atoms with E-state index in [1.165, 1.54) is 23.9 Å². The van der Waals surface area contributed by atoms with E-state index in [0.717, 1.165) is 0 Å². The van der Waals surface area contributed by atoms with Crippen LogP contribution in [0.3, 0.4) is 0 Å². The zero-order valence-corrected chi connectivity index (χ0v) is 11.6. The van der Waals surface area contributed by atoms with Crippen molar-refractivity contribution >= 4 is 5.82 Å². The van der Waals surface area contributed by atoms with Gasteiger partial charge in [0, 0.05) is 13.3 Å². The number of nitrogens with two attached hydrogens (primary N) is 1. The number of hydrogen-bond donors (Lipinski definition) is 2. The maximum absolute atomic E-state index is 11.9. The summed E-state index contributed by atoms with van der Waals surface area (Å²) in [6.45, 7) is 0.725. The molecule has 3 rings (SSSR count). The quantitative estimate of drug-likeness (QED) is 0.716. The third kappa shape index (κ3) is 2.43. The smallest absolute Gasteiger partial charge is 0.351 e. The van der Waals surface area contributed by atoms with E-state index >= 15 is 0 Å². The number of aromatic nitrogens is 2. The number of aliphatic hydroxyl groups is 1. The first-order valence-corrected chi connectivity index (χ1v) is 6.53. The molecule has 3 N–H and O–H groups in total. The monoisotopic (exact) mass is 299 g/mol. The van der Waals surface area contributed by atoms with Gasteiger partial charge in [-0.2, -0.15) is 4.98 Å². The SMILES string of the molecule is COC1O[C@H]2[C@@H](O1)[C@H](n1ccc(N)nc1=O)O[C@@H]2[C@H](C)O. The molecule has 0 radical (unpaired) electrons. The summed E-state index contributed by atoms with van der Waals surface area (Å²) in [7, 11) is 1.44. The molecule has 0 bridgehead atoms. The molecule has 21 heavy (non-hydrogen) atoms. The van der Waals surface area contributed by atoms with Gasteiger partial charge < -0.3 is 29.8 Å². The van der Waals surface area contributed by atoms with Crippen LogP contribution in [0.2, 0.25) is 0 Å². The molecule has 2 aliphatic rings. The fraction of sp³-hybridized carbons (Fsp3) is 0.667. The summed E-state index contributed by atoms with van der Waals surface area (Å²) in [6.07, 6.45) is -1.85. The van der Waals surface area contributed by atoms with Crippen LogP contribution < -0.4 is 11.4 Å². The van der Waals surface area contributed by atoms with Crippen LogP contribution in [0, 0.1) is 0 Å². The van der Waals surface area contributed by atoms with Gasteiger partial charge in [-0.3, -0.25) is 4.57 Å². The van der Waals surface area contributed by atoms with E-state index in [1.54, 1.807) is 6.92 Å². The Hall–Kier alpha value is -1.52. The van der Waals surface area contributed by atoms with Gasteiger partial charge in [0.15, 0.2) is 6.23 Å². The van der Waals surface area contributed by atoms with Crippen molar-refractivity contribution < 1.29 is 24.1 Å². The van der Waals surface area contributed by atoms with Gasteiger partial charge in [0.25, 0.3) is 6.48 Å². The molecule has 3 heterocycles. The molecule has 2 fully saturated rings. The Balaban J connectivity index is 1.93. The Bertz CT molecular complexity index is 576. The van der Waals surface area contributed by atoms with Crippen molar-refractivity contribution in [2.45, 2.75) is 44.0 Å². The molecule has 9 nitrogen and oxygen atoms in total. The lowest BCUT2D eigenvalue weighted by atomic mass is 10.1. The van der Waals surface area contributed by atoms with Crippen molar-refractivity contribution in [3.63, 3.8) is 0 Å². The summed E-state index contributed by atoms with van der Waals surface area (Å²) >= 11 is 0. The Labute approximate surface area is 120 Å². The van der Waals surface area contributed by atoms with E-state index < -0.39 is 42.8 Å². The number of nitrogens with zero attached hydrogens (tertiary/aromatic N) is 2. The molecule has 1 aromatic heterocycles. The third-order valence-electron chi connectivity index (χ3n) is 3.56. The first-order chi connectivity index (χ1) is 10.0. The van der Waals surface area contributed by atoms with Crippen molar-refractivity contribution in [1.82, 2.24) is 9.55 Å². The topological polar surface area (TPSA) is 118 Å². The van der Waals surface area contributed by atoms with Crippen LogP contribution in [0.1, 0.15) is 13.2 Å². The van der Waals surface area contributed by atoms with Gasteiger partial charge >= 0.3 is 5.69 Å². The molecule has 6 atom stereocenters. The minimum atomic E-state index is -0.856. The summed E-state index contributed by atoms with van der Waals surface area (Å²) in [5.41, 5.74) is 4.91. The Morgan fingerprint density at radius 1 is 1.43 bits per heavy atom. The molecule has 0 saturated carbocycles. The maximum Gasteiger partial charge on any atom is 0.351 e. The lowest BCUT2D eigenvalue weighted by Crippen LogP contribution is -2.36. The number of ether oxygens (including phenoxy) is 4. The third-order valence-corrected chi connectivity index (χ3v) is 3.56. The predicted molar refractivity (Wildman–Crippen MR) is 69.0 cm³/mol. The van der Waals surface area contributed by atoms with Gasteiger partial charge in [-0.05, 0) is 13.0 Å². The maximum atomic E-state index is 11.9. The number of nitrogen functional groups attached to an aromatic ring is 1. The summed E-state index contributed by atoms with van der Waals surface area (Å²) < 4.78 is 23.1. The van der Waals surface area contributed by atoms with Crippen molar-refractivity contribution in [1.29, 1.82) is 0 Å². The second kappa shape index (κ2) is 5.35. The summed E-state index contributed by atoms with van der Waals surface area (Å²) in [5, 5.41) is 9.81.